The van der Waals surface area contributed by atoms with Crippen LogP contribution >= 0.6 is 0 Å². The first-order valence-corrected chi connectivity index (χ1v) is 5.41. The first-order chi connectivity index (χ1) is 6.79. The molecule has 0 radical (unpaired) electrons. The molecule has 0 aromatic rings. The molecule has 1 heterocycles. The summed E-state index contributed by atoms with van der Waals surface area (Å²) in [5.41, 5.74) is -0.436. The zero-order valence-corrected chi connectivity index (χ0v) is 10.2. The molecule has 0 aromatic heterocycles. The summed E-state index contributed by atoms with van der Waals surface area (Å²) in [6.45, 7) is 11.0. The van der Waals surface area contributed by atoms with Gasteiger partial charge in [0.25, 0.3) is 0 Å². The second-order valence-corrected chi connectivity index (χ2v) is 5.18. The fourth-order valence-corrected chi connectivity index (χ4v) is 1.21. The van der Waals surface area contributed by atoms with E-state index in [9.17, 15) is 4.79 Å². The zero-order valence-electron chi connectivity index (χ0n) is 10.2. The Morgan fingerprint density at radius 3 is 2.40 bits per heavy atom. The van der Waals surface area contributed by atoms with Crippen molar-refractivity contribution in [2.75, 3.05) is 13.2 Å². The highest BCUT2D eigenvalue weighted by atomic mass is 16.6. The number of carbonyl (C=O) groups excluding carboxylic acids is 1. The Morgan fingerprint density at radius 1 is 1.53 bits per heavy atom. The maximum atomic E-state index is 11.8. The maximum Gasteiger partial charge on any atom is 0.410 e. The number of epoxide rings is 1. The van der Waals surface area contributed by atoms with Crippen molar-refractivity contribution in [3.63, 3.8) is 0 Å². The lowest BCUT2D eigenvalue weighted by Crippen LogP contribution is -2.42. The molecule has 1 aliphatic heterocycles. The fraction of sp³-hybridized carbons (Fsp3) is 0.909. The van der Waals surface area contributed by atoms with Crippen LogP contribution in [0.25, 0.3) is 0 Å². The van der Waals surface area contributed by atoms with Crippen LogP contribution in [0.4, 0.5) is 4.79 Å². The summed E-state index contributed by atoms with van der Waals surface area (Å²) in [5.74, 6) is 0. The van der Waals surface area contributed by atoms with Crippen molar-refractivity contribution in [1.29, 1.82) is 0 Å². The van der Waals surface area contributed by atoms with Crippen molar-refractivity contribution in [3.05, 3.63) is 0 Å². The molecule has 15 heavy (non-hydrogen) atoms. The second-order valence-electron chi connectivity index (χ2n) is 5.18. The fourth-order valence-electron chi connectivity index (χ4n) is 1.21. The van der Waals surface area contributed by atoms with Crippen LogP contribution in [0.1, 0.15) is 34.6 Å². The minimum Gasteiger partial charge on any atom is -0.444 e. The molecular weight excluding hydrogens is 194 g/mol. The van der Waals surface area contributed by atoms with Gasteiger partial charge in [-0.25, -0.2) is 4.79 Å². The summed E-state index contributed by atoms with van der Waals surface area (Å²) < 4.78 is 10.4. The van der Waals surface area contributed by atoms with Crippen molar-refractivity contribution in [2.45, 2.75) is 52.4 Å². The summed E-state index contributed by atoms with van der Waals surface area (Å²) in [6.07, 6.45) is -0.0482. The molecule has 0 N–H and O–H groups in total. The van der Waals surface area contributed by atoms with Crippen LogP contribution in [-0.2, 0) is 9.47 Å². The second kappa shape index (κ2) is 4.39. The summed E-state index contributed by atoms with van der Waals surface area (Å²) in [5, 5.41) is 0. The molecule has 1 amide bonds. The molecule has 88 valence electrons. The summed E-state index contributed by atoms with van der Waals surface area (Å²) in [7, 11) is 0. The van der Waals surface area contributed by atoms with Crippen LogP contribution in [0.3, 0.4) is 0 Å². The van der Waals surface area contributed by atoms with Crippen LogP contribution < -0.4 is 0 Å². The summed E-state index contributed by atoms with van der Waals surface area (Å²) >= 11 is 0. The Bertz CT molecular complexity index is 228. The quantitative estimate of drug-likeness (QED) is 0.676. The summed E-state index contributed by atoms with van der Waals surface area (Å²) in [6, 6.07) is 0.143. The average molecular weight is 215 g/mol. The highest BCUT2D eigenvalue weighted by Crippen LogP contribution is 2.16. The van der Waals surface area contributed by atoms with E-state index in [1.807, 2.05) is 34.6 Å². The van der Waals surface area contributed by atoms with E-state index >= 15 is 0 Å². The molecule has 0 bridgehead atoms. The van der Waals surface area contributed by atoms with Gasteiger partial charge in [-0.1, -0.05) is 0 Å². The Balaban J connectivity index is 2.50. The summed E-state index contributed by atoms with van der Waals surface area (Å²) in [4.78, 5) is 13.5. The van der Waals surface area contributed by atoms with Gasteiger partial charge in [0.15, 0.2) is 0 Å². The van der Waals surface area contributed by atoms with Crippen LogP contribution in [0.15, 0.2) is 0 Å². The third-order valence-electron chi connectivity index (χ3n) is 2.05. The van der Waals surface area contributed by atoms with Gasteiger partial charge in [0.2, 0.25) is 0 Å². The molecule has 0 aliphatic carbocycles. The first kappa shape index (κ1) is 12.3. The molecule has 4 nitrogen and oxygen atoms in total. The van der Waals surface area contributed by atoms with E-state index < -0.39 is 5.60 Å². The first-order valence-electron chi connectivity index (χ1n) is 5.41. The van der Waals surface area contributed by atoms with Gasteiger partial charge < -0.3 is 14.4 Å². The Hall–Kier alpha value is -0.770. The number of amides is 1. The molecule has 1 unspecified atom stereocenters. The molecular formula is C11H21NO3. The lowest BCUT2D eigenvalue weighted by Gasteiger charge is -2.29. The van der Waals surface area contributed by atoms with Crippen molar-refractivity contribution >= 4 is 6.09 Å². The highest BCUT2D eigenvalue weighted by Gasteiger charge is 2.31. The molecule has 0 spiro atoms. The van der Waals surface area contributed by atoms with E-state index in [0.29, 0.717) is 6.54 Å². The number of carbonyl (C=O) groups is 1. The molecule has 0 aromatic carbocycles. The normalized spacial score (nSPS) is 20.3. The number of ether oxygens (including phenoxy) is 2. The monoisotopic (exact) mass is 215 g/mol. The van der Waals surface area contributed by atoms with Gasteiger partial charge >= 0.3 is 6.09 Å². The lowest BCUT2D eigenvalue weighted by molar-refractivity contribution is 0.0177. The Labute approximate surface area is 91.5 Å². The van der Waals surface area contributed by atoms with Crippen molar-refractivity contribution in [1.82, 2.24) is 4.90 Å². The number of hydrogen-bond donors (Lipinski definition) is 0. The topological polar surface area (TPSA) is 42.1 Å². The van der Waals surface area contributed by atoms with E-state index in [4.69, 9.17) is 9.47 Å². The highest BCUT2D eigenvalue weighted by molar-refractivity contribution is 5.68. The standard InChI is InChI=1S/C11H21NO3/c1-8(2)12(6-9-7-14-9)10(13)15-11(3,4)5/h8-9H,6-7H2,1-5H3. The Morgan fingerprint density at radius 2 is 2.07 bits per heavy atom. The number of nitrogens with zero attached hydrogens (tertiary/aromatic N) is 1. The third-order valence-corrected chi connectivity index (χ3v) is 2.05. The van der Waals surface area contributed by atoms with Gasteiger partial charge in [0, 0.05) is 6.04 Å². The van der Waals surface area contributed by atoms with Gasteiger partial charge in [-0.3, -0.25) is 0 Å². The van der Waals surface area contributed by atoms with Crippen molar-refractivity contribution in [3.8, 4) is 0 Å². The van der Waals surface area contributed by atoms with Gasteiger partial charge in [-0.2, -0.15) is 0 Å². The lowest BCUT2D eigenvalue weighted by atomic mass is 10.2. The third kappa shape index (κ3) is 4.51. The molecule has 1 aliphatic rings. The van der Waals surface area contributed by atoms with Crippen LogP contribution in [0.5, 0.6) is 0 Å². The van der Waals surface area contributed by atoms with Crippen LogP contribution in [-0.4, -0.2) is 41.9 Å². The van der Waals surface area contributed by atoms with E-state index in [0.717, 1.165) is 6.61 Å². The molecule has 4 heteroatoms. The molecule has 1 fully saturated rings. The van der Waals surface area contributed by atoms with E-state index in [2.05, 4.69) is 0 Å². The molecule has 0 saturated carbocycles. The Kier molecular flexibility index (Phi) is 3.60. The predicted octanol–water partition coefficient (Wildman–Crippen LogP) is 2.03. The smallest absolute Gasteiger partial charge is 0.410 e. The molecule has 1 saturated heterocycles. The minimum absolute atomic E-state index is 0.143. The average Bonchev–Trinajstić information content (AvgIpc) is 2.78. The van der Waals surface area contributed by atoms with Crippen molar-refractivity contribution in [2.24, 2.45) is 0 Å². The van der Waals surface area contributed by atoms with Crippen LogP contribution in [0, 0.1) is 0 Å². The molecule has 1 rings (SSSR count). The van der Waals surface area contributed by atoms with E-state index in [1.165, 1.54) is 0 Å². The van der Waals surface area contributed by atoms with E-state index in [1.54, 1.807) is 4.90 Å². The SMILES string of the molecule is CC(C)N(CC1CO1)C(=O)OC(C)(C)C. The number of hydrogen-bond acceptors (Lipinski definition) is 3. The maximum absolute atomic E-state index is 11.8. The van der Waals surface area contributed by atoms with Crippen molar-refractivity contribution < 1.29 is 14.3 Å². The molecule has 1 atom stereocenters. The minimum atomic E-state index is -0.436. The van der Waals surface area contributed by atoms with Crippen LogP contribution in [0.2, 0.25) is 0 Å². The van der Waals surface area contributed by atoms with Gasteiger partial charge in [0.1, 0.15) is 5.60 Å². The predicted molar refractivity (Wildman–Crippen MR) is 57.8 cm³/mol. The van der Waals surface area contributed by atoms with Gasteiger partial charge in [-0.05, 0) is 34.6 Å². The van der Waals surface area contributed by atoms with Gasteiger partial charge in [0.05, 0.1) is 19.3 Å². The zero-order chi connectivity index (χ0) is 11.6. The number of rotatable bonds is 3. The van der Waals surface area contributed by atoms with E-state index in [-0.39, 0.29) is 18.2 Å². The van der Waals surface area contributed by atoms with Gasteiger partial charge in [-0.15, -0.1) is 0 Å². The largest absolute Gasteiger partial charge is 0.444 e.